The van der Waals surface area contributed by atoms with Crippen LogP contribution in [0.1, 0.15) is 33.1 Å². The maximum absolute atomic E-state index is 12.1. The molecule has 0 saturated carbocycles. The number of nitrogens with one attached hydrogen (secondary N) is 1. The molecule has 0 saturated heterocycles. The second-order valence-electron chi connectivity index (χ2n) is 5.23. The largest absolute Gasteiger partial charge is 0.481 e. The van der Waals surface area contributed by atoms with Gasteiger partial charge in [-0.1, -0.05) is 13.8 Å². The topological polar surface area (TPSA) is 69.6 Å². The number of rotatable bonds is 9. The van der Waals surface area contributed by atoms with Gasteiger partial charge in [0.25, 0.3) is 6.43 Å². The summed E-state index contributed by atoms with van der Waals surface area (Å²) >= 11 is 0. The van der Waals surface area contributed by atoms with Crippen molar-refractivity contribution in [2.75, 3.05) is 20.1 Å². The molecule has 0 fully saturated rings. The molecule has 1 atom stereocenters. The monoisotopic (exact) mass is 294 g/mol. The van der Waals surface area contributed by atoms with Crippen molar-refractivity contribution in [3.8, 4) is 0 Å². The fourth-order valence-corrected chi connectivity index (χ4v) is 1.91. The number of amides is 2. The van der Waals surface area contributed by atoms with Gasteiger partial charge in [-0.15, -0.1) is 0 Å². The van der Waals surface area contributed by atoms with Crippen molar-refractivity contribution in [2.24, 2.45) is 11.8 Å². The van der Waals surface area contributed by atoms with E-state index < -0.39 is 25.0 Å². The fraction of sp³-hybridized carbons (Fsp3) is 0.846. The number of carbonyl (C=O) groups is 2. The summed E-state index contributed by atoms with van der Waals surface area (Å²) < 4.78 is 24.2. The summed E-state index contributed by atoms with van der Waals surface area (Å²) in [6, 6.07) is -0.536. The molecule has 5 nitrogen and oxygen atoms in total. The Kier molecular flexibility index (Phi) is 8.83. The number of alkyl halides is 2. The Hall–Kier alpha value is -1.40. The Labute approximate surface area is 118 Å². The molecule has 1 unspecified atom stereocenters. The highest BCUT2D eigenvalue weighted by Gasteiger charge is 2.17. The molecule has 2 amide bonds. The van der Waals surface area contributed by atoms with E-state index in [0.29, 0.717) is 25.3 Å². The molecule has 7 heteroatoms. The van der Waals surface area contributed by atoms with E-state index >= 15 is 0 Å². The van der Waals surface area contributed by atoms with Crippen LogP contribution in [-0.2, 0) is 4.79 Å². The summed E-state index contributed by atoms with van der Waals surface area (Å²) in [6.45, 7) is 3.75. The highest BCUT2D eigenvalue weighted by Crippen LogP contribution is 2.20. The third-order valence-corrected chi connectivity index (χ3v) is 3.22. The predicted octanol–water partition coefficient (Wildman–Crippen LogP) is 2.42. The first-order valence-electron chi connectivity index (χ1n) is 6.73. The molecule has 0 rings (SSSR count). The number of urea groups is 1. The number of aliphatic carboxylic acids is 1. The van der Waals surface area contributed by atoms with Crippen molar-refractivity contribution in [3.63, 3.8) is 0 Å². The van der Waals surface area contributed by atoms with Crippen molar-refractivity contribution in [3.05, 3.63) is 0 Å². The van der Waals surface area contributed by atoms with Crippen molar-refractivity contribution in [1.82, 2.24) is 10.2 Å². The first-order valence-corrected chi connectivity index (χ1v) is 6.73. The third-order valence-electron chi connectivity index (χ3n) is 3.22. The molecule has 0 aliphatic carbocycles. The van der Waals surface area contributed by atoms with Gasteiger partial charge in [-0.05, 0) is 24.7 Å². The van der Waals surface area contributed by atoms with E-state index in [9.17, 15) is 18.4 Å². The van der Waals surface area contributed by atoms with E-state index in [1.54, 1.807) is 0 Å². The molecule has 20 heavy (non-hydrogen) atoms. The second kappa shape index (κ2) is 9.50. The van der Waals surface area contributed by atoms with Gasteiger partial charge in [-0.25, -0.2) is 13.6 Å². The number of carbonyl (C=O) groups excluding carboxylic acids is 1. The standard InChI is InChI=1S/C13H24F2N2O3/c1-9(2)10(4-5-12(18)19)6-7-16-13(20)17(3)8-11(14)15/h9-11H,4-8H2,1-3H3,(H,16,20)(H,18,19). The Morgan fingerprint density at radius 1 is 1.25 bits per heavy atom. The summed E-state index contributed by atoms with van der Waals surface area (Å²) in [5, 5.41) is 11.2. The van der Waals surface area contributed by atoms with Gasteiger partial charge >= 0.3 is 12.0 Å². The molecule has 0 aliphatic heterocycles. The Bertz CT molecular complexity index is 312. The van der Waals surface area contributed by atoms with Gasteiger partial charge in [0.05, 0.1) is 6.54 Å². The van der Waals surface area contributed by atoms with Crippen LogP contribution < -0.4 is 5.32 Å². The first-order chi connectivity index (χ1) is 9.23. The zero-order valence-electron chi connectivity index (χ0n) is 12.2. The van der Waals surface area contributed by atoms with Crippen LogP contribution in [0.2, 0.25) is 0 Å². The maximum Gasteiger partial charge on any atom is 0.317 e. The SMILES string of the molecule is CC(C)C(CCNC(=O)N(C)CC(F)F)CCC(=O)O. The minimum atomic E-state index is -2.55. The van der Waals surface area contributed by atoms with Gasteiger partial charge in [0, 0.05) is 20.0 Å². The van der Waals surface area contributed by atoms with Crippen molar-refractivity contribution >= 4 is 12.0 Å². The van der Waals surface area contributed by atoms with Crippen LogP contribution in [0.25, 0.3) is 0 Å². The van der Waals surface area contributed by atoms with Crippen LogP contribution >= 0.6 is 0 Å². The minimum Gasteiger partial charge on any atom is -0.481 e. The van der Waals surface area contributed by atoms with Gasteiger partial charge in [0.15, 0.2) is 0 Å². The molecule has 0 aromatic rings. The highest BCUT2D eigenvalue weighted by molar-refractivity contribution is 5.73. The van der Waals surface area contributed by atoms with E-state index in [0.717, 1.165) is 4.90 Å². The molecule has 0 aromatic carbocycles. The van der Waals surface area contributed by atoms with Crippen molar-refractivity contribution < 1.29 is 23.5 Å². The van der Waals surface area contributed by atoms with Crippen LogP contribution in [0.15, 0.2) is 0 Å². The van der Waals surface area contributed by atoms with E-state index in [4.69, 9.17) is 5.11 Å². The molecule has 0 heterocycles. The van der Waals surface area contributed by atoms with E-state index in [1.807, 2.05) is 13.8 Å². The van der Waals surface area contributed by atoms with Gasteiger partial charge in [0.1, 0.15) is 0 Å². The molecular formula is C13H24F2N2O3. The van der Waals surface area contributed by atoms with E-state index in [2.05, 4.69) is 5.32 Å². The predicted molar refractivity (Wildman–Crippen MR) is 71.8 cm³/mol. The lowest BCUT2D eigenvalue weighted by atomic mass is 9.88. The number of carboxylic acid groups (broad SMARTS) is 1. The van der Waals surface area contributed by atoms with Gasteiger partial charge < -0.3 is 15.3 Å². The van der Waals surface area contributed by atoms with Crippen molar-refractivity contribution in [1.29, 1.82) is 0 Å². The molecule has 118 valence electrons. The third kappa shape index (κ3) is 8.66. The number of hydrogen-bond acceptors (Lipinski definition) is 2. The normalized spacial score (nSPS) is 12.6. The quantitative estimate of drug-likeness (QED) is 0.686. The smallest absolute Gasteiger partial charge is 0.317 e. The molecule has 0 bridgehead atoms. The zero-order chi connectivity index (χ0) is 15.7. The summed E-state index contributed by atoms with van der Waals surface area (Å²) in [7, 11) is 1.31. The maximum atomic E-state index is 12.1. The van der Waals surface area contributed by atoms with Crippen LogP contribution in [0, 0.1) is 11.8 Å². The van der Waals surface area contributed by atoms with E-state index in [-0.39, 0.29) is 12.3 Å². The van der Waals surface area contributed by atoms with Crippen LogP contribution in [-0.4, -0.2) is 48.6 Å². The molecule has 2 N–H and O–H groups in total. The second-order valence-corrected chi connectivity index (χ2v) is 5.23. The molecule has 0 aliphatic rings. The molecule has 0 radical (unpaired) electrons. The lowest BCUT2D eigenvalue weighted by molar-refractivity contribution is -0.137. The average molecular weight is 294 g/mol. The minimum absolute atomic E-state index is 0.0993. The summed E-state index contributed by atoms with van der Waals surface area (Å²) in [4.78, 5) is 23.0. The lowest BCUT2D eigenvalue weighted by Crippen LogP contribution is -2.40. The fourth-order valence-electron chi connectivity index (χ4n) is 1.91. The van der Waals surface area contributed by atoms with Crippen LogP contribution in [0.4, 0.5) is 13.6 Å². The van der Waals surface area contributed by atoms with Gasteiger partial charge in [0.2, 0.25) is 0 Å². The summed E-state index contributed by atoms with van der Waals surface area (Å²) in [6.07, 6.45) is -1.26. The van der Waals surface area contributed by atoms with Gasteiger partial charge in [-0.3, -0.25) is 4.79 Å². The first kappa shape index (κ1) is 18.6. The number of hydrogen-bond donors (Lipinski definition) is 2. The van der Waals surface area contributed by atoms with Crippen LogP contribution in [0.5, 0.6) is 0 Å². The van der Waals surface area contributed by atoms with Crippen molar-refractivity contribution in [2.45, 2.75) is 39.5 Å². The molecule has 0 spiro atoms. The Balaban J connectivity index is 4.04. The average Bonchev–Trinajstić information content (AvgIpc) is 2.31. The highest BCUT2D eigenvalue weighted by atomic mass is 19.3. The number of carboxylic acids is 1. The van der Waals surface area contributed by atoms with Crippen LogP contribution in [0.3, 0.4) is 0 Å². The Morgan fingerprint density at radius 2 is 1.85 bits per heavy atom. The number of halogens is 2. The van der Waals surface area contributed by atoms with Gasteiger partial charge in [-0.2, -0.15) is 0 Å². The summed E-state index contributed by atoms with van der Waals surface area (Å²) in [5.74, 6) is -0.340. The number of nitrogens with zero attached hydrogens (tertiary/aromatic N) is 1. The Morgan fingerprint density at radius 3 is 2.30 bits per heavy atom. The summed E-state index contributed by atoms with van der Waals surface area (Å²) in [5.41, 5.74) is 0. The van der Waals surface area contributed by atoms with E-state index in [1.165, 1.54) is 7.05 Å². The molecule has 0 aromatic heterocycles. The lowest BCUT2D eigenvalue weighted by Gasteiger charge is -2.22. The molecular weight excluding hydrogens is 270 g/mol. The zero-order valence-corrected chi connectivity index (χ0v) is 12.2.